The molecule has 0 saturated heterocycles. The van der Waals surface area contributed by atoms with Gasteiger partial charge in [-0.15, -0.1) is 0 Å². The van der Waals surface area contributed by atoms with Crippen molar-refractivity contribution in [3.8, 4) is 5.75 Å². The topological polar surface area (TPSA) is 211 Å². The molecule has 3 aromatic rings. The molecule has 230 valence electrons. The second kappa shape index (κ2) is 13.6. The van der Waals surface area contributed by atoms with E-state index < -0.39 is 62.8 Å². The minimum Gasteiger partial charge on any atom is -0.497 e. The van der Waals surface area contributed by atoms with Crippen LogP contribution < -0.4 is 10.1 Å². The van der Waals surface area contributed by atoms with Crippen LogP contribution in [-0.4, -0.2) is 75.3 Å². The van der Waals surface area contributed by atoms with Gasteiger partial charge in [-0.25, -0.2) is 12.6 Å². The number of azo groups is 1. The average molecular weight is 644 g/mol. The third kappa shape index (κ3) is 8.38. The van der Waals surface area contributed by atoms with Crippen molar-refractivity contribution in [1.82, 2.24) is 5.01 Å². The van der Waals surface area contributed by atoms with Crippen LogP contribution in [0, 0.1) is 0 Å². The van der Waals surface area contributed by atoms with Crippen LogP contribution in [0.25, 0.3) is 0 Å². The summed E-state index contributed by atoms with van der Waals surface area (Å²) in [6, 6.07) is 18.5. The molecular formula is C27H25N5O10S2. The number of carbonyl (C=O) groups excluding carboxylic acids is 3. The van der Waals surface area contributed by atoms with Gasteiger partial charge in [0.1, 0.15) is 17.9 Å². The number of amides is 3. The maximum atomic E-state index is 13.3. The van der Waals surface area contributed by atoms with Crippen molar-refractivity contribution in [2.45, 2.75) is 17.4 Å². The van der Waals surface area contributed by atoms with E-state index in [1.807, 2.05) is 0 Å². The SMILES string of the molecule is COc1ccc(NC(=O)CC(=O)N2N=C(c3ccccc3)C(N=Nc3ccc(S(=O)(=O)CCOS(=O)(=O)O)cc3)C2=O)cc1. The van der Waals surface area contributed by atoms with E-state index in [2.05, 4.69) is 24.8 Å². The Bertz CT molecular complexity index is 1810. The zero-order chi connectivity index (χ0) is 31.9. The van der Waals surface area contributed by atoms with Gasteiger partial charge in [-0.3, -0.25) is 18.9 Å². The molecule has 1 atom stereocenters. The summed E-state index contributed by atoms with van der Waals surface area (Å²) in [4.78, 5) is 38.5. The number of sulfone groups is 1. The number of hydrogen-bond acceptors (Lipinski definition) is 12. The van der Waals surface area contributed by atoms with Gasteiger partial charge in [0, 0.05) is 11.3 Å². The molecule has 3 amide bonds. The van der Waals surface area contributed by atoms with Crippen molar-refractivity contribution < 1.29 is 44.7 Å². The summed E-state index contributed by atoms with van der Waals surface area (Å²) >= 11 is 0. The second-order valence-corrected chi connectivity index (χ2v) is 12.2. The maximum absolute atomic E-state index is 13.3. The van der Waals surface area contributed by atoms with Crippen LogP contribution in [0.1, 0.15) is 12.0 Å². The van der Waals surface area contributed by atoms with Gasteiger partial charge in [-0.2, -0.15) is 28.8 Å². The van der Waals surface area contributed by atoms with Crippen LogP contribution in [0.2, 0.25) is 0 Å². The average Bonchev–Trinajstić information content (AvgIpc) is 3.32. The van der Waals surface area contributed by atoms with E-state index in [1.165, 1.54) is 31.4 Å². The number of carbonyl (C=O) groups is 3. The standard InChI is InChI=1S/C27H25N5O10S2/c1-41-21-11-7-19(8-12-21)28-23(33)17-24(34)32-27(35)26(25(31-32)18-5-3-2-4-6-18)30-29-20-9-13-22(14-10-20)43(36,37)16-15-42-44(38,39)40/h2-14,26H,15-17H2,1H3,(H,28,33)(H,38,39,40). The Morgan fingerprint density at radius 3 is 2.25 bits per heavy atom. The number of methoxy groups -OCH3 is 1. The molecule has 0 radical (unpaired) electrons. The summed E-state index contributed by atoms with van der Waals surface area (Å²) in [5.41, 5.74) is 1.17. The number of ether oxygens (including phenoxy) is 1. The number of benzene rings is 3. The Morgan fingerprint density at radius 2 is 1.64 bits per heavy atom. The lowest BCUT2D eigenvalue weighted by atomic mass is 10.0. The van der Waals surface area contributed by atoms with E-state index in [0.29, 0.717) is 22.0 Å². The van der Waals surface area contributed by atoms with Gasteiger partial charge in [0.05, 0.1) is 30.1 Å². The lowest BCUT2D eigenvalue weighted by Gasteiger charge is -2.11. The number of anilines is 1. The smallest absolute Gasteiger partial charge is 0.397 e. The molecule has 15 nitrogen and oxygen atoms in total. The minimum absolute atomic E-state index is 0.112. The normalized spacial score (nSPS) is 15.3. The Hall–Kier alpha value is -4.84. The van der Waals surface area contributed by atoms with Crippen LogP contribution in [0.15, 0.2) is 99.1 Å². The summed E-state index contributed by atoms with van der Waals surface area (Å²) in [6.07, 6.45) is -0.682. The van der Waals surface area contributed by atoms with Gasteiger partial charge in [0.15, 0.2) is 15.9 Å². The number of hydrogen-bond donors (Lipinski definition) is 2. The van der Waals surface area contributed by atoms with Crippen LogP contribution in [-0.2, 0) is 38.8 Å². The highest BCUT2D eigenvalue weighted by atomic mass is 32.3. The molecule has 44 heavy (non-hydrogen) atoms. The number of rotatable bonds is 12. The fraction of sp³-hybridized carbons (Fsp3) is 0.185. The lowest BCUT2D eigenvalue weighted by molar-refractivity contribution is -0.144. The predicted molar refractivity (Wildman–Crippen MR) is 155 cm³/mol. The molecule has 17 heteroatoms. The Morgan fingerprint density at radius 1 is 0.977 bits per heavy atom. The van der Waals surface area contributed by atoms with E-state index in [0.717, 1.165) is 0 Å². The van der Waals surface area contributed by atoms with Crippen LogP contribution >= 0.6 is 0 Å². The summed E-state index contributed by atoms with van der Waals surface area (Å²) in [7, 11) is -7.25. The highest BCUT2D eigenvalue weighted by molar-refractivity contribution is 7.91. The maximum Gasteiger partial charge on any atom is 0.397 e. The number of nitrogens with zero attached hydrogens (tertiary/aromatic N) is 4. The van der Waals surface area contributed by atoms with Gasteiger partial charge >= 0.3 is 10.4 Å². The molecule has 0 saturated carbocycles. The van der Waals surface area contributed by atoms with Crippen molar-refractivity contribution in [1.29, 1.82) is 0 Å². The van der Waals surface area contributed by atoms with Crippen molar-refractivity contribution in [2.75, 3.05) is 24.8 Å². The first-order valence-corrected chi connectivity index (χ1v) is 15.7. The Kier molecular flexibility index (Phi) is 9.94. The molecule has 0 spiro atoms. The molecular weight excluding hydrogens is 618 g/mol. The van der Waals surface area contributed by atoms with Crippen LogP contribution in [0.3, 0.4) is 0 Å². The van der Waals surface area contributed by atoms with Crippen molar-refractivity contribution in [2.24, 2.45) is 15.3 Å². The number of hydrazone groups is 1. The van der Waals surface area contributed by atoms with Gasteiger partial charge in [-0.05, 0) is 48.5 Å². The molecule has 0 aromatic heterocycles. The zero-order valence-electron chi connectivity index (χ0n) is 22.9. The first-order chi connectivity index (χ1) is 20.9. The Balaban J connectivity index is 1.48. The monoisotopic (exact) mass is 643 g/mol. The molecule has 2 N–H and O–H groups in total. The molecule has 1 aliphatic heterocycles. The van der Waals surface area contributed by atoms with Gasteiger partial charge in [0.2, 0.25) is 5.91 Å². The van der Waals surface area contributed by atoms with E-state index in [-0.39, 0.29) is 16.3 Å². The van der Waals surface area contributed by atoms with E-state index in [1.54, 1.807) is 54.6 Å². The number of nitrogens with one attached hydrogen (secondary N) is 1. The lowest BCUT2D eigenvalue weighted by Crippen LogP contribution is -2.36. The minimum atomic E-state index is -4.79. The molecule has 0 bridgehead atoms. The van der Waals surface area contributed by atoms with E-state index >= 15 is 0 Å². The first-order valence-electron chi connectivity index (χ1n) is 12.7. The molecule has 1 aliphatic rings. The molecule has 4 rings (SSSR count). The highest BCUT2D eigenvalue weighted by Crippen LogP contribution is 2.24. The first kappa shape index (κ1) is 32.1. The fourth-order valence-electron chi connectivity index (χ4n) is 3.85. The van der Waals surface area contributed by atoms with Gasteiger partial charge < -0.3 is 10.1 Å². The summed E-state index contributed by atoms with van der Waals surface area (Å²) in [6.45, 7) is -0.785. The van der Waals surface area contributed by atoms with Crippen molar-refractivity contribution in [3.05, 3.63) is 84.4 Å². The molecule has 0 aliphatic carbocycles. The third-order valence-electron chi connectivity index (χ3n) is 5.97. The molecule has 1 heterocycles. The van der Waals surface area contributed by atoms with Crippen molar-refractivity contribution >= 4 is 55.0 Å². The second-order valence-electron chi connectivity index (χ2n) is 9.03. The summed E-state index contributed by atoms with van der Waals surface area (Å²) < 4.78 is 63.8. The highest BCUT2D eigenvalue weighted by Gasteiger charge is 2.40. The number of imide groups is 1. The predicted octanol–water partition coefficient (Wildman–Crippen LogP) is 2.54. The summed E-state index contributed by atoms with van der Waals surface area (Å²) in [5, 5.41) is 15.4. The summed E-state index contributed by atoms with van der Waals surface area (Å²) in [5.74, 6) is -2.54. The fourth-order valence-corrected chi connectivity index (χ4v) is 5.34. The third-order valence-corrected chi connectivity index (χ3v) is 8.13. The van der Waals surface area contributed by atoms with Gasteiger partial charge in [0.25, 0.3) is 11.8 Å². The molecule has 0 fully saturated rings. The van der Waals surface area contributed by atoms with E-state index in [4.69, 9.17) is 9.29 Å². The van der Waals surface area contributed by atoms with E-state index in [9.17, 15) is 31.2 Å². The van der Waals surface area contributed by atoms with Crippen molar-refractivity contribution in [3.63, 3.8) is 0 Å². The Labute approximate surface area is 252 Å². The molecule has 1 unspecified atom stereocenters. The zero-order valence-corrected chi connectivity index (χ0v) is 24.6. The largest absolute Gasteiger partial charge is 0.497 e. The van der Waals surface area contributed by atoms with Crippen LogP contribution in [0.4, 0.5) is 11.4 Å². The van der Waals surface area contributed by atoms with Crippen LogP contribution in [0.5, 0.6) is 5.75 Å². The van der Waals surface area contributed by atoms with Gasteiger partial charge in [-0.1, -0.05) is 30.3 Å². The quantitative estimate of drug-likeness (QED) is 0.167. The molecule has 3 aromatic carbocycles.